The van der Waals surface area contributed by atoms with Crippen molar-refractivity contribution in [2.45, 2.75) is 12.5 Å². The van der Waals surface area contributed by atoms with Crippen molar-refractivity contribution in [1.29, 1.82) is 0 Å². The van der Waals surface area contributed by atoms with Crippen LogP contribution >= 0.6 is 0 Å². The molecule has 0 bridgehead atoms. The van der Waals surface area contributed by atoms with Crippen LogP contribution in [-0.2, 0) is 0 Å². The molecule has 6 heteroatoms. The van der Waals surface area contributed by atoms with Crippen molar-refractivity contribution < 1.29 is 18.5 Å². The van der Waals surface area contributed by atoms with E-state index >= 15 is 0 Å². The van der Waals surface area contributed by atoms with Crippen molar-refractivity contribution in [3.8, 4) is 0 Å². The van der Waals surface area contributed by atoms with Crippen molar-refractivity contribution >= 4 is 16.9 Å². The fourth-order valence-electron chi connectivity index (χ4n) is 3.82. The van der Waals surface area contributed by atoms with E-state index in [4.69, 9.17) is 4.42 Å². The number of amides is 1. The van der Waals surface area contributed by atoms with Gasteiger partial charge in [0.1, 0.15) is 11.4 Å². The van der Waals surface area contributed by atoms with E-state index in [-0.39, 0.29) is 17.1 Å². The Bertz CT molecular complexity index is 1110. The van der Waals surface area contributed by atoms with Crippen LogP contribution in [0.15, 0.2) is 57.7 Å². The van der Waals surface area contributed by atoms with Crippen LogP contribution < -0.4 is 10.3 Å². The molecule has 1 N–H and O–H groups in total. The summed E-state index contributed by atoms with van der Waals surface area (Å²) < 4.78 is 19.8. The predicted octanol–water partition coefficient (Wildman–Crippen LogP) is 2.01. The van der Waals surface area contributed by atoms with E-state index in [1.807, 2.05) is 14.1 Å². The molecule has 0 saturated heterocycles. The van der Waals surface area contributed by atoms with Gasteiger partial charge in [0.25, 0.3) is 5.91 Å². The Kier molecular flexibility index (Phi) is 4.73. The summed E-state index contributed by atoms with van der Waals surface area (Å²) in [5, 5.41) is 0.426. The number of fused-ring (bicyclic) bond motifs is 2. The molecule has 1 atom stereocenters. The summed E-state index contributed by atoms with van der Waals surface area (Å²) in [7, 11) is 4.09. The second-order valence-electron chi connectivity index (χ2n) is 7.44. The first-order valence-corrected chi connectivity index (χ1v) is 9.38. The van der Waals surface area contributed by atoms with E-state index < -0.39 is 11.9 Å². The number of nitrogens with one attached hydrogen (secondary N) is 1. The molecule has 144 valence electrons. The van der Waals surface area contributed by atoms with Crippen LogP contribution in [0, 0.1) is 5.82 Å². The lowest BCUT2D eigenvalue weighted by Gasteiger charge is -2.25. The Morgan fingerprint density at radius 3 is 2.64 bits per heavy atom. The molecule has 28 heavy (non-hydrogen) atoms. The van der Waals surface area contributed by atoms with Crippen LogP contribution in [0.5, 0.6) is 0 Å². The number of carbonyl (C=O) groups is 1. The minimum absolute atomic E-state index is 0.0650. The van der Waals surface area contributed by atoms with Crippen LogP contribution in [0.3, 0.4) is 0 Å². The van der Waals surface area contributed by atoms with Gasteiger partial charge in [-0.2, -0.15) is 0 Å². The molecule has 1 aromatic heterocycles. The average Bonchev–Trinajstić information content (AvgIpc) is 2.94. The maximum atomic E-state index is 13.9. The lowest BCUT2D eigenvalue weighted by atomic mass is 9.98. The topological polar surface area (TPSA) is 55.0 Å². The minimum atomic E-state index is -0.642. The van der Waals surface area contributed by atoms with Crippen molar-refractivity contribution in [3.05, 3.63) is 81.5 Å². The molecule has 0 fully saturated rings. The fraction of sp³-hybridized carbons (Fsp3) is 0.273. The van der Waals surface area contributed by atoms with Crippen molar-refractivity contribution in [3.63, 3.8) is 0 Å². The van der Waals surface area contributed by atoms with Crippen LogP contribution in [0.4, 0.5) is 4.39 Å². The van der Waals surface area contributed by atoms with Crippen LogP contribution in [0.1, 0.15) is 34.1 Å². The molecule has 2 heterocycles. The molecule has 1 aliphatic rings. The van der Waals surface area contributed by atoms with Gasteiger partial charge < -0.3 is 14.2 Å². The number of benzene rings is 2. The van der Waals surface area contributed by atoms with Gasteiger partial charge >= 0.3 is 0 Å². The number of carbonyl (C=O) groups excluding carboxylic acids is 1. The SMILES string of the molecule is C[NH+](C)CCCN1C(=O)c2oc3ccccc3c(=O)c2[C@H]1c1cccc(F)c1. The normalized spacial score (nSPS) is 16.2. The molecule has 3 aromatic rings. The third-order valence-corrected chi connectivity index (χ3v) is 5.11. The van der Waals surface area contributed by atoms with E-state index in [0.717, 1.165) is 13.0 Å². The van der Waals surface area contributed by atoms with E-state index in [1.165, 1.54) is 17.0 Å². The lowest BCUT2D eigenvalue weighted by Crippen LogP contribution is -3.05. The standard InChI is InChI=1S/C22H21FN2O3/c1-24(2)11-6-12-25-19(14-7-5-8-15(23)13-14)18-20(26)16-9-3-4-10-17(16)28-21(18)22(25)27/h3-5,7-10,13,19H,6,11-12H2,1-2H3/p+1/t19-/m1/s1. The predicted molar refractivity (Wildman–Crippen MR) is 104 cm³/mol. The summed E-state index contributed by atoms with van der Waals surface area (Å²) in [6.07, 6.45) is 0.765. The van der Waals surface area contributed by atoms with Gasteiger partial charge in [-0.25, -0.2) is 4.39 Å². The number of hydrogen-bond acceptors (Lipinski definition) is 3. The summed E-state index contributed by atoms with van der Waals surface area (Å²) in [5.74, 6) is -0.655. The number of nitrogens with zero attached hydrogens (tertiary/aromatic N) is 1. The highest BCUT2D eigenvalue weighted by Crippen LogP contribution is 2.38. The molecule has 2 aromatic carbocycles. The van der Waals surface area contributed by atoms with Crippen LogP contribution in [0.25, 0.3) is 11.0 Å². The highest BCUT2D eigenvalue weighted by molar-refractivity contribution is 5.99. The van der Waals surface area contributed by atoms with Crippen molar-refractivity contribution in [2.75, 3.05) is 27.2 Å². The number of rotatable bonds is 5. The van der Waals surface area contributed by atoms with E-state index in [0.29, 0.717) is 28.6 Å². The minimum Gasteiger partial charge on any atom is -0.450 e. The van der Waals surface area contributed by atoms with Crippen LogP contribution in [-0.4, -0.2) is 38.0 Å². The molecule has 0 radical (unpaired) electrons. The summed E-state index contributed by atoms with van der Waals surface area (Å²) in [4.78, 5) is 29.3. The summed E-state index contributed by atoms with van der Waals surface area (Å²) in [6.45, 7) is 1.34. The lowest BCUT2D eigenvalue weighted by molar-refractivity contribution is -0.858. The monoisotopic (exact) mass is 381 g/mol. The fourth-order valence-corrected chi connectivity index (χ4v) is 3.82. The molecular formula is C22H22FN2O3+. The van der Waals surface area contributed by atoms with E-state index in [2.05, 4.69) is 0 Å². The van der Waals surface area contributed by atoms with Gasteiger partial charge in [-0.05, 0) is 29.8 Å². The molecule has 0 saturated carbocycles. The molecule has 5 nitrogen and oxygen atoms in total. The molecule has 1 aliphatic heterocycles. The quantitative estimate of drug-likeness (QED) is 0.736. The molecule has 1 amide bonds. The maximum Gasteiger partial charge on any atom is 0.290 e. The third kappa shape index (κ3) is 3.10. The molecule has 0 aliphatic carbocycles. The van der Waals surface area contributed by atoms with E-state index in [1.54, 1.807) is 41.3 Å². The summed E-state index contributed by atoms with van der Waals surface area (Å²) in [5.41, 5.74) is 1.02. The molecule has 0 spiro atoms. The van der Waals surface area contributed by atoms with Crippen LogP contribution in [0.2, 0.25) is 0 Å². The van der Waals surface area contributed by atoms with Gasteiger partial charge in [-0.15, -0.1) is 0 Å². The smallest absolute Gasteiger partial charge is 0.290 e. The average molecular weight is 381 g/mol. The molecule has 0 unspecified atom stereocenters. The zero-order valence-corrected chi connectivity index (χ0v) is 15.9. The third-order valence-electron chi connectivity index (χ3n) is 5.11. The molecular weight excluding hydrogens is 359 g/mol. The van der Waals surface area contributed by atoms with E-state index in [9.17, 15) is 14.0 Å². The Hall–Kier alpha value is -2.99. The Morgan fingerprint density at radius 1 is 1.11 bits per heavy atom. The largest absolute Gasteiger partial charge is 0.450 e. The maximum absolute atomic E-state index is 13.9. The van der Waals surface area contributed by atoms with Gasteiger partial charge in [0.15, 0.2) is 5.43 Å². The number of para-hydroxylation sites is 1. The second kappa shape index (κ2) is 7.20. The zero-order chi connectivity index (χ0) is 19.8. The summed E-state index contributed by atoms with van der Waals surface area (Å²) >= 11 is 0. The second-order valence-corrected chi connectivity index (χ2v) is 7.44. The Morgan fingerprint density at radius 2 is 1.89 bits per heavy atom. The van der Waals surface area contributed by atoms with Gasteiger partial charge in [0, 0.05) is 13.0 Å². The van der Waals surface area contributed by atoms with Gasteiger partial charge in [-0.1, -0.05) is 24.3 Å². The summed E-state index contributed by atoms with van der Waals surface area (Å²) in [6, 6.07) is 12.3. The first-order chi connectivity index (χ1) is 13.5. The van der Waals surface area contributed by atoms with Gasteiger partial charge in [0.05, 0.1) is 37.6 Å². The molecule has 4 rings (SSSR count). The van der Waals surface area contributed by atoms with Gasteiger partial charge in [0.2, 0.25) is 5.76 Å². The number of hydrogen-bond donors (Lipinski definition) is 1. The zero-order valence-electron chi connectivity index (χ0n) is 15.9. The Labute approximate surface area is 162 Å². The van der Waals surface area contributed by atoms with Crippen molar-refractivity contribution in [1.82, 2.24) is 4.90 Å². The van der Waals surface area contributed by atoms with Crippen molar-refractivity contribution in [2.24, 2.45) is 0 Å². The number of quaternary nitrogens is 1. The highest BCUT2D eigenvalue weighted by Gasteiger charge is 2.42. The first kappa shape index (κ1) is 18.4. The number of halogens is 1. The first-order valence-electron chi connectivity index (χ1n) is 9.38. The van der Waals surface area contributed by atoms with Gasteiger partial charge in [-0.3, -0.25) is 9.59 Å². The Balaban J connectivity index is 1.88. The highest BCUT2D eigenvalue weighted by atomic mass is 19.1.